The molecule has 1 heterocycles. The van der Waals surface area contributed by atoms with Crippen LogP contribution >= 0.6 is 12.2 Å². The van der Waals surface area contributed by atoms with Crippen LogP contribution in [0.5, 0.6) is 0 Å². The molecule has 1 aromatic carbocycles. The van der Waals surface area contributed by atoms with Gasteiger partial charge in [0.15, 0.2) is 0 Å². The first-order valence-electron chi connectivity index (χ1n) is 5.28. The van der Waals surface area contributed by atoms with E-state index < -0.39 is 9.99 Å². The smallest absolute Gasteiger partial charge is 0.345 e. The van der Waals surface area contributed by atoms with Crippen molar-refractivity contribution in [3.63, 3.8) is 0 Å². The zero-order chi connectivity index (χ0) is 13.1. The third kappa shape index (κ3) is 2.51. The summed E-state index contributed by atoms with van der Waals surface area (Å²) in [5.74, 6) is 0. The van der Waals surface area contributed by atoms with Crippen molar-refractivity contribution in [3.05, 3.63) is 74.8 Å². The van der Waals surface area contributed by atoms with Gasteiger partial charge in [-0.1, -0.05) is 30.3 Å². The van der Waals surface area contributed by atoms with Gasteiger partial charge in [0.05, 0.1) is 4.92 Å². The van der Waals surface area contributed by atoms with Crippen LogP contribution < -0.4 is 5.06 Å². The Kier molecular flexibility index (Phi) is 3.61. The molecule has 0 amide bonds. The zero-order valence-electron chi connectivity index (χ0n) is 9.33. The van der Waals surface area contributed by atoms with Crippen LogP contribution in [0.4, 0.5) is 0 Å². The second-order valence-electron chi connectivity index (χ2n) is 3.82. The highest BCUT2D eigenvalue weighted by atomic mass is 32.1. The van der Waals surface area contributed by atoms with Crippen molar-refractivity contribution in [2.75, 3.05) is 0 Å². The molecule has 5 nitrogen and oxygen atoms in total. The van der Waals surface area contributed by atoms with E-state index in [2.05, 4.69) is 0 Å². The Bertz CT molecular complexity index is 552. The van der Waals surface area contributed by atoms with Crippen LogP contribution in [0, 0.1) is 15.3 Å². The molecule has 6 heteroatoms. The molecule has 0 saturated carbocycles. The monoisotopic (exact) mass is 262 g/mol. The molecule has 0 aromatic heterocycles. The van der Waals surface area contributed by atoms with E-state index in [1.807, 2.05) is 30.3 Å². The number of hydrogen-bond donors (Lipinski definition) is 1. The minimum absolute atomic E-state index is 0.214. The molecular weight excluding hydrogens is 252 g/mol. The van der Waals surface area contributed by atoms with Crippen LogP contribution in [-0.2, 0) is 6.42 Å². The summed E-state index contributed by atoms with van der Waals surface area (Å²) in [7, 11) is 0. The summed E-state index contributed by atoms with van der Waals surface area (Å²) >= 11 is 4.82. The molecule has 0 bridgehead atoms. The summed E-state index contributed by atoms with van der Waals surface area (Å²) in [5.41, 5.74) is 1.16. The predicted octanol–water partition coefficient (Wildman–Crippen LogP) is 0.997. The molecule has 0 fully saturated rings. The topological polar surface area (TPSA) is 70.6 Å². The first-order chi connectivity index (χ1) is 8.59. The summed E-state index contributed by atoms with van der Waals surface area (Å²) in [6, 6.07) is 9.34. The molecule has 92 valence electrons. The average Bonchev–Trinajstić information content (AvgIpc) is 2.35. The number of hydroxylamine groups is 2. The van der Waals surface area contributed by atoms with E-state index in [0.717, 1.165) is 5.56 Å². The maximum Gasteiger partial charge on any atom is 0.345 e. The van der Waals surface area contributed by atoms with Gasteiger partial charge in [-0.15, -0.1) is 0 Å². The Morgan fingerprint density at radius 2 is 1.94 bits per heavy atom. The zero-order valence-corrected chi connectivity index (χ0v) is 10.1. The highest BCUT2D eigenvalue weighted by molar-refractivity contribution is 7.80. The fourth-order valence-corrected chi connectivity index (χ4v) is 2.03. The highest BCUT2D eigenvalue weighted by Gasteiger charge is 2.30. The van der Waals surface area contributed by atoms with Crippen molar-refractivity contribution in [3.8, 4) is 0 Å². The lowest BCUT2D eigenvalue weighted by molar-refractivity contribution is -0.686. The lowest BCUT2D eigenvalue weighted by Crippen LogP contribution is -3.05. The van der Waals surface area contributed by atoms with Crippen LogP contribution in [0.3, 0.4) is 0 Å². The predicted molar refractivity (Wildman–Crippen MR) is 70.2 cm³/mol. The number of rotatable bonds is 3. The molecule has 18 heavy (non-hydrogen) atoms. The van der Waals surface area contributed by atoms with E-state index in [-0.39, 0.29) is 10.7 Å². The summed E-state index contributed by atoms with van der Waals surface area (Å²) in [6.45, 7) is 0. The molecule has 0 radical (unpaired) electrons. The Morgan fingerprint density at radius 1 is 1.28 bits per heavy atom. The van der Waals surface area contributed by atoms with E-state index in [1.165, 1.54) is 12.3 Å². The third-order valence-corrected chi connectivity index (χ3v) is 2.99. The number of thiocarbonyl (C=S) groups is 1. The molecule has 1 N–H and O–H groups in total. The Morgan fingerprint density at radius 3 is 2.56 bits per heavy atom. The normalized spacial score (nSPS) is 19.2. The van der Waals surface area contributed by atoms with Gasteiger partial charge in [0, 0.05) is 18.1 Å². The van der Waals surface area contributed by atoms with Crippen molar-refractivity contribution in [2.45, 2.75) is 6.42 Å². The van der Waals surface area contributed by atoms with E-state index >= 15 is 0 Å². The van der Waals surface area contributed by atoms with Crippen LogP contribution in [0.2, 0.25) is 0 Å². The number of quaternary nitrogens is 1. The van der Waals surface area contributed by atoms with Crippen LogP contribution in [0.25, 0.3) is 0 Å². The average molecular weight is 262 g/mol. The second kappa shape index (κ2) is 5.18. The standard InChI is InChI=1S/C12H10N2O3S/c15-13-7-6-10(11(12(13)18)14(16)17)8-9-4-2-1-3-5-9/h1-7,13H,8H2. The fourth-order valence-electron chi connectivity index (χ4n) is 1.75. The van der Waals surface area contributed by atoms with Crippen LogP contribution in [-0.4, -0.2) is 9.91 Å². The Labute approximate surface area is 109 Å². The van der Waals surface area contributed by atoms with Gasteiger partial charge in [-0.2, -0.15) is 0 Å². The van der Waals surface area contributed by atoms with Crippen molar-refractivity contribution < 1.29 is 9.99 Å². The molecule has 1 aliphatic heterocycles. The lowest BCUT2D eigenvalue weighted by atomic mass is 10.0. The number of allylic oxidation sites excluding steroid dienone is 2. The van der Waals surface area contributed by atoms with Crippen molar-refractivity contribution >= 4 is 17.2 Å². The van der Waals surface area contributed by atoms with Gasteiger partial charge in [-0.05, 0) is 17.8 Å². The van der Waals surface area contributed by atoms with Crippen molar-refractivity contribution in [1.29, 1.82) is 0 Å². The molecule has 1 aliphatic rings. The minimum atomic E-state index is -0.581. The summed E-state index contributed by atoms with van der Waals surface area (Å²) in [4.78, 5) is 10.2. The number of nitrogens with zero attached hydrogens (tertiary/aromatic N) is 1. The maximum atomic E-state index is 11.3. The number of nitrogens with one attached hydrogen (secondary N) is 1. The molecule has 0 aliphatic carbocycles. The Hall–Kier alpha value is -1.89. The van der Waals surface area contributed by atoms with Gasteiger partial charge in [-0.25, -0.2) is 0 Å². The van der Waals surface area contributed by atoms with Crippen LogP contribution in [0.1, 0.15) is 5.56 Å². The van der Waals surface area contributed by atoms with E-state index in [9.17, 15) is 15.3 Å². The molecular formula is C12H10N2O3S. The van der Waals surface area contributed by atoms with Crippen molar-refractivity contribution in [1.82, 2.24) is 0 Å². The van der Waals surface area contributed by atoms with Gasteiger partial charge in [0.1, 0.15) is 6.20 Å². The first kappa shape index (κ1) is 12.6. The SMILES string of the molecule is O=[N+]([O-])C1=C(Cc2ccccc2)C=C[NH+]([O-])C1=S. The van der Waals surface area contributed by atoms with Gasteiger partial charge in [0.25, 0.3) is 4.99 Å². The summed E-state index contributed by atoms with van der Waals surface area (Å²) in [5, 5.41) is 21.8. The maximum absolute atomic E-state index is 11.3. The summed E-state index contributed by atoms with van der Waals surface area (Å²) in [6.07, 6.45) is 3.15. The number of benzene rings is 1. The third-order valence-electron chi connectivity index (χ3n) is 2.60. The van der Waals surface area contributed by atoms with Gasteiger partial charge in [-0.3, -0.25) is 15.2 Å². The first-order valence-corrected chi connectivity index (χ1v) is 5.68. The number of nitro groups is 1. The molecule has 1 atom stereocenters. The van der Waals surface area contributed by atoms with E-state index in [0.29, 0.717) is 12.0 Å². The van der Waals surface area contributed by atoms with E-state index in [4.69, 9.17) is 12.2 Å². The van der Waals surface area contributed by atoms with Gasteiger partial charge >= 0.3 is 5.70 Å². The van der Waals surface area contributed by atoms with Crippen molar-refractivity contribution in [2.24, 2.45) is 0 Å². The molecule has 1 aromatic rings. The van der Waals surface area contributed by atoms with Gasteiger partial charge in [0.2, 0.25) is 0 Å². The van der Waals surface area contributed by atoms with E-state index in [1.54, 1.807) is 0 Å². The van der Waals surface area contributed by atoms with Gasteiger partial charge < -0.3 is 5.21 Å². The fraction of sp³-hybridized carbons (Fsp3) is 0.0833. The minimum Gasteiger partial charge on any atom is -0.623 e. The second-order valence-corrected chi connectivity index (χ2v) is 4.23. The quantitative estimate of drug-likeness (QED) is 0.382. The molecule has 0 saturated heterocycles. The van der Waals surface area contributed by atoms with Crippen LogP contribution in [0.15, 0.2) is 53.9 Å². The largest absolute Gasteiger partial charge is 0.623 e. The molecule has 1 unspecified atom stereocenters. The molecule has 2 rings (SSSR count). The number of hydrogen-bond acceptors (Lipinski definition) is 4. The highest BCUT2D eigenvalue weighted by Crippen LogP contribution is 2.16. The Balaban J connectivity index is 2.37. The lowest BCUT2D eigenvalue weighted by Gasteiger charge is -2.20. The molecule has 0 spiro atoms. The summed E-state index contributed by atoms with van der Waals surface area (Å²) < 4.78 is 0.